The molecule has 0 bridgehead atoms. The third kappa shape index (κ3) is 4.59. The van der Waals surface area contributed by atoms with E-state index in [2.05, 4.69) is 15.2 Å². The maximum absolute atomic E-state index is 14.9. The maximum Gasteiger partial charge on any atom is 0.338 e. The number of amides is 1. The van der Waals surface area contributed by atoms with Crippen LogP contribution in [0.3, 0.4) is 0 Å². The molecule has 1 fully saturated rings. The number of thioether (sulfide) groups is 1. The van der Waals surface area contributed by atoms with Crippen LogP contribution in [0.5, 0.6) is 0 Å². The average molecular weight is 459 g/mol. The van der Waals surface area contributed by atoms with E-state index < -0.39 is 17.8 Å². The van der Waals surface area contributed by atoms with E-state index in [1.807, 2.05) is 5.41 Å². The van der Waals surface area contributed by atoms with Gasteiger partial charge in [0.2, 0.25) is 5.91 Å². The number of benzene rings is 1. The van der Waals surface area contributed by atoms with Gasteiger partial charge < -0.3 is 19.9 Å². The summed E-state index contributed by atoms with van der Waals surface area (Å²) in [5.41, 5.74) is 1.76. The highest BCUT2D eigenvalue weighted by atomic mass is 32.2. The number of amidine groups is 1. The summed E-state index contributed by atoms with van der Waals surface area (Å²) in [7, 11) is 1.30. The molecule has 1 atom stereocenters. The van der Waals surface area contributed by atoms with Crippen molar-refractivity contribution in [1.82, 2.24) is 15.1 Å². The third-order valence-electron chi connectivity index (χ3n) is 5.90. The molecule has 170 valence electrons. The van der Waals surface area contributed by atoms with Crippen LogP contribution in [-0.4, -0.2) is 60.1 Å². The minimum Gasteiger partial charge on any atom is -0.466 e. The molecule has 3 aliphatic rings. The van der Waals surface area contributed by atoms with E-state index in [0.717, 1.165) is 19.6 Å². The number of carbonyl (C=O) groups excluding carboxylic acids is 2. The fraction of sp³-hybridized carbons (Fsp3) is 0.435. The Labute approximate surface area is 191 Å². The summed E-state index contributed by atoms with van der Waals surface area (Å²) in [5.74, 6) is -1.11. The van der Waals surface area contributed by atoms with Crippen LogP contribution in [0.4, 0.5) is 4.39 Å². The van der Waals surface area contributed by atoms with Gasteiger partial charge >= 0.3 is 5.97 Å². The number of hydrogen-bond donors (Lipinski definition) is 1. The van der Waals surface area contributed by atoms with Crippen molar-refractivity contribution in [2.75, 3.05) is 33.3 Å². The van der Waals surface area contributed by atoms with Crippen molar-refractivity contribution in [2.24, 2.45) is 4.99 Å². The van der Waals surface area contributed by atoms with Gasteiger partial charge in [0, 0.05) is 24.4 Å². The topological polar surface area (TPSA) is 74.2 Å². The van der Waals surface area contributed by atoms with E-state index in [0.29, 0.717) is 28.7 Å². The summed E-state index contributed by atoms with van der Waals surface area (Å²) < 4.78 is 19.8. The number of fused-ring (bicyclic) bond motifs is 1. The highest BCUT2D eigenvalue weighted by Gasteiger charge is 2.41. The molecule has 0 saturated carbocycles. The molecule has 0 unspecified atom stereocenters. The Bertz CT molecular complexity index is 1000. The molecule has 1 aromatic carbocycles. The summed E-state index contributed by atoms with van der Waals surface area (Å²) in [6, 6.07) is 5.59. The molecular formula is C23H27FN4O3S. The largest absolute Gasteiger partial charge is 0.466 e. The number of nitrogens with one attached hydrogen (secondary N) is 1. The zero-order valence-corrected chi connectivity index (χ0v) is 19.1. The van der Waals surface area contributed by atoms with Crippen molar-refractivity contribution in [1.29, 1.82) is 0 Å². The van der Waals surface area contributed by atoms with Gasteiger partial charge in [0.25, 0.3) is 0 Å². The fourth-order valence-electron chi connectivity index (χ4n) is 4.32. The average Bonchev–Trinajstić information content (AvgIpc) is 3.43. The first-order valence-corrected chi connectivity index (χ1v) is 11.6. The molecule has 3 aliphatic heterocycles. The summed E-state index contributed by atoms with van der Waals surface area (Å²) in [6.45, 7) is 5.30. The van der Waals surface area contributed by atoms with Gasteiger partial charge in [-0.05, 0) is 44.3 Å². The highest BCUT2D eigenvalue weighted by molar-refractivity contribution is 8.16. The van der Waals surface area contributed by atoms with Crippen molar-refractivity contribution in [3.8, 4) is 0 Å². The predicted molar refractivity (Wildman–Crippen MR) is 122 cm³/mol. The highest BCUT2D eigenvalue weighted by Crippen LogP contribution is 2.45. The summed E-state index contributed by atoms with van der Waals surface area (Å²) in [5, 5.41) is 5.44. The van der Waals surface area contributed by atoms with Crippen molar-refractivity contribution >= 4 is 28.8 Å². The first kappa shape index (κ1) is 22.5. The minimum absolute atomic E-state index is 0.115. The van der Waals surface area contributed by atoms with Crippen LogP contribution in [0.25, 0.3) is 0 Å². The number of aliphatic imine (C=N–C) groups is 1. The number of carbonyl (C=O) groups is 2. The van der Waals surface area contributed by atoms with Gasteiger partial charge in [-0.2, -0.15) is 0 Å². The van der Waals surface area contributed by atoms with Gasteiger partial charge in [0.15, 0.2) is 5.17 Å². The van der Waals surface area contributed by atoms with Gasteiger partial charge in [-0.3, -0.25) is 4.79 Å². The number of likely N-dealkylation sites (tertiary alicyclic amines) is 1. The normalized spacial score (nSPS) is 20.7. The maximum atomic E-state index is 14.9. The van der Waals surface area contributed by atoms with Crippen LogP contribution < -0.4 is 5.32 Å². The molecule has 1 saturated heterocycles. The van der Waals surface area contributed by atoms with E-state index in [1.54, 1.807) is 30.0 Å². The lowest BCUT2D eigenvalue weighted by Crippen LogP contribution is -2.39. The number of ether oxygens (including phenoxy) is 1. The van der Waals surface area contributed by atoms with Gasteiger partial charge in [-0.15, -0.1) is 0 Å². The van der Waals surface area contributed by atoms with Gasteiger partial charge in [0.1, 0.15) is 5.82 Å². The van der Waals surface area contributed by atoms with Gasteiger partial charge in [-0.25, -0.2) is 14.2 Å². The van der Waals surface area contributed by atoms with Crippen LogP contribution in [0.1, 0.15) is 37.8 Å². The molecular weight excluding hydrogens is 431 g/mol. The molecule has 9 heteroatoms. The van der Waals surface area contributed by atoms with Crippen molar-refractivity contribution in [3.63, 3.8) is 0 Å². The second-order valence-corrected chi connectivity index (χ2v) is 8.82. The second kappa shape index (κ2) is 9.87. The molecule has 0 aromatic heterocycles. The van der Waals surface area contributed by atoms with Crippen LogP contribution in [0, 0.1) is 5.82 Å². The lowest BCUT2D eigenvalue weighted by atomic mass is 9.93. The van der Waals surface area contributed by atoms with Crippen LogP contribution in [0.2, 0.25) is 0 Å². The molecule has 1 aromatic rings. The standard InChI is InChI=1S/C23H27FN4O3S/c1-15-20(22(30)31-2)21(17-7-3-4-8-18(17)24)28-16(14-32-23(28)26-15)13-19(29)25-9-12-27-10-5-6-11-27/h3-4,7-8,14,21H,5-6,9-13H2,1-2H3,(H,25,29)/t21-/m0/s1. The van der Waals surface area contributed by atoms with E-state index in [9.17, 15) is 14.0 Å². The van der Waals surface area contributed by atoms with Crippen molar-refractivity contribution in [3.05, 3.63) is 58.0 Å². The van der Waals surface area contributed by atoms with E-state index in [4.69, 9.17) is 4.74 Å². The quantitative estimate of drug-likeness (QED) is 0.633. The Kier molecular flexibility index (Phi) is 6.95. The zero-order chi connectivity index (χ0) is 22.7. The number of allylic oxidation sites excluding steroid dienone is 1. The molecule has 0 aliphatic carbocycles. The predicted octanol–water partition coefficient (Wildman–Crippen LogP) is 3.18. The monoisotopic (exact) mass is 458 g/mol. The first-order chi connectivity index (χ1) is 15.5. The van der Waals surface area contributed by atoms with Crippen molar-refractivity contribution in [2.45, 2.75) is 32.2 Å². The van der Waals surface area contributed by atoms with Crippen molar-refractivity contribution < 1.29 is 18.7 Å². The SMILES string of the molecule is COC(=O)C1=C(C)N=C2SC=C(CC(=O)NCCN3CCCC3)N2[C@H]1c1ccccc1F. The molecule has 3 heterocycles. The third-order valence-corrected chi connectivity index (χ3v) is 6.79. The van der Waals surface area contributed by atoms with E-state index in [-0.39, 0.29) is 17.9 Å². The Balaban J connectivity index is 1.55. The smallest absolute Gasteiger partial charge is 0.338 e. The van der Waals surface area contributed by atoms with Gasteiger partial charge in [0.05, 0.1) is 30.8 Å². The molecule has 7 nitrogen and oxygen atoms in total. The van der Waals surface area contributed by atoms with E-state index >= 15 is 0 Å². The molecule has 1 N–H and O–H groups in total. The molecule has 32 heavy (non-hydrogen) atoms. The molecule has 0 spiro atoms. The van der Waals surface area contributed by atoms with Gasteiger partial charge in [-0.1, -0.05) is 30.0 Å². The molecule has 0 radical (unpaired) electrons. The number of methoxy groups -OCH3 is 1. The minimum atomic E-state index is -0.755. The van der Waals surface area contributed by atoms with E-state index in [1.165, 1.54) is 37.8 Å². The second-order valence-electron chi connectivity index (χ2n) is 7.98. The number of nitrogens with zero attached hydrogens (tertiary/aromatic N) is 3. The summed E-state index contributed by atoms with van der Waals surface area (Å²) in [6.07, 6.45) is 2.54. The first-order valence-electron chi connectivity index (χ1n) is 10.8. The zero-order valence-electron chi connectivity index (χ0n) is 18.3. The molecule has 4 rings (SSSR count). The summed E-state index contributed by atoms with van der Waals surface area (Å²) >= 11 is 1.37. The molecule has 1 amide bonds. The van der Waals surface area contributed by atoms with Crippen LogP contribution in [-0.2, 0) is 14.3 Å². The Morgan fingerprint density at radius 2 is 2.03 bits per heavy atom. The number of esters is 1. The fourth-order valence-corrected chi connectivity index (χ4v) is 5.28. The van der Waals surface area contributed by atoms with Crippen LogP contribution >= 0.6 is 11.8 Å². The Morgan fingerprint density at radius 1 is 1.28 bits per heavy atom. The summed E-state index contributed by atoms with van der Waals surface area (Å²) in [4.78, 5) is 34.0. The Morgan fingerprint density at radius 3 is 2.75 bits per heavy atom. The number of halogens is 1. The van der Waals surface area contributed by atoms with Crippen LogP contribution in [0.15, 0.2) is 51.6 Å². The number of rotatable bonds is 7. The number of hydrogen-bond acceptors (Lipinski definition) is 7. The lowest BCUT2D eigenvalue weighted by Gasteiger charge is -2.36. The lowest BCUT2D eigenvalue weighted by molar-refractivity contribution is -0.136. The Hall–Kier alpha value is -2.65.